The van der Waals surface area contributed by atoms with Crippen LogP contribution in [0.3, 0.4) is 0 Å². The van der Waals surface area contributed by atoms with Crippen molar-refractivity contribution < 1.29 is 19.1 Å². The smallest absolute Gasteiger partial charge is 0.255 e. The topological polar surface area (TPSA) is 93.9 Å². The molecule has 0 spiro atoms. The Morgan fingerprint density at radius 1 is 1.36 bits per heavy atom. The zero-order chi connectivity index (χ0) is 20.5. The number of unbranched alkanes of at least 4 members (excludes halogenated alkanes) is 1. The van der Waals surface area contributed by atoms with Gasteiger partial charge in [-0.15, -0.1) is 0 Å². The third-order valence-electron chi connectivity index (χ3n) is 4.90. The highest BCUT2D eigenvalue weighted by atomic mass is 35.5. The lowest BCUT2D eigenvalue weighted by molar-refractivity contribution is -0.119. The molecule has 1 fully saturated rings. The first-order valence-corrected chi connectivity index (χ1v) is 10.1. The predicted octanol–water partition coefficient (Wildman–Crippen LogP) is 2.60. The van der Waals surface area contributed by atoms with Crippen LogP contribution in [0.2, 0.25) is 5.02 Å². The van der Waals surface area contributed by atoms with Gasteiger partial charge in [-0.3, -0.25) is 14.5 Å². The fraction of sp³-hybridized carbons (Fsp3) is 0.600. The molecular weight excluding hydrogens is 382 g/mol. The fourth-order valence-electron chi connectivity index (χ4n) is 3.39. The molecule has 8 heteroatoms. The number of hydrogen-bond acceptors (Lipinski definition) is 5. The Labute approximate surface area is 171 Å². The molecule has 0 bridgehead atoms. The summed E-state index contributed by atoms with van der Waals surface area (Å²) in [5.41, 5.74) is 5.47. The first-order chi connectivity index (χ1) is 13.5. The van der Waals surface area contributed by atoms with E-state index in [0.717, 1.165) is 25.9 Å². The van der Waals surface area contributed by atoms with Crippen molar-refractivity contribution in [2.45, 2.75) is 45.1 Å². The number of carbonyl (C=O) groups is 2. The van der Waals surface area contributed by atoms with Crippen LogP contribution in [0.25, 0.3) is 0 Å². The van der Waals surface area contributed by atoms with E-state index in [1.165, 1.54) is 32.4 Å². The third-order valence-corrected chi connectivity index (χ3v) is 5.18. The molecule has 0 aliphatic carbocycles. The maximum Gasteiger partial charge on any atom is 0.255 e. The van der Waals surface area contributed by atoms with Crippen molar-refractivity contribution in [3.05, 3.63) is 22.7 Å². The Morgan fingerprint density at radius 3 is 2.82 bits per heavy atom. The maximum atomic E-state index is 12.6. The van der Waals surface area contributed by atoms with Crippen LogP contribution in [0, 0.1) is 0 Å². The summed E-state index contributed by atoms with van der Waals surface area (Å²) in [5, 5.41) is 3.20. The first kappa shape index (κ1) is 22.3. The van der Waals surface area contributed by atoms with Crippen molar-refractivity contribution in [3.8, 4) is 11.5 Å². The number of benzene rings is 1. The van der Waals surface area contributed by atoms with Crippen molar-refractivity contribution in [1.82, 2.24) is 10.2 Å². The molecule has 28 heavy (non-hydrogen) atoms. The number of halogens is 1. The number of rotatable bonds is 10. The summed E-state index contributed by atoms with van der Waals surface area (Å²) in [5.74, 6) is -0.374. The Hall–Kier alpha value is -1.99. The van der Waals surface area contributed by atoms with Gasteiger partial charge in [0.05, 0.1) is 12.1 Å². The maximum absolute atomic E-state index is 12.6. The summed E-state index contributed by atoms with van der Waals surface area (Å²) in [6.07, 6.45) is 5.83. The monoisotopic (exact) mass is 411 g/mol. The van der Waals surface area contributed by atoms with Crippen LogP contribution in [-0.4, -0.2) is 56.1 Å². The van der Waals surface area contributed by atoms with Crippen molar-refractivity contribution in [2.24, 2.45) is 5.73 Å². The van der Waals surface area contributed by atoms with Gasteiger partial charge in [-0.2, -0.15) is 0 Å². The Morgan fingerprint density at radius 2 is 2.14 bits per heavy atom. The highest BCUT2D eigenvalue weighted by molar-refractivity contribution is 6.32. The van der Waals surface area contributed by atoms with Crippen LogP contribution in [0.4, 0.5) is 0 Å². The second-order valence-electron chi connectivity index (χ2n) is 6.99. The number of nitrogens with one attached hydrogen (secondary N) is 1. The van der Waals surface area contributed by atoms with E-state index >= 15 is 0 Å². The lowest BCUT2D eigenvalue weighted by Gasteiger charge is -2.35. The summed E-state index contributed by atoms with van der Waals surface area (Å²) >= 11 is 6.22. The van der Waals surface area contributed by atoms with Crippen LogP contribution in [0.5, 0.6) is 11.5 Å². The number of nitrogens with zero attached hydrogens (tertiary/aromatic N) is 1. The fourth-order valence-corrected chi connectivity index (χ4v) is 3.66. The van der Waals surface area contributed by atoms with Gasteiger partial charge in [0.2, 0.25) is 0 Å². The molecule has 2 amide bonds. The minimum atomic E-state index is -0.625. The van der Waals surface area contributed by atoms with Gasteiger partial charge in [0, 0.05) is 18.2 Å². The van der Waals surface area contributed by atoms with Crippen LogP contribution in [0.1, 0.15) is 49.4 Å². The molecule has 7 nitrogen and oxygen atoms in total. The summed E-state index contributed by atoms with van der Waals surface area (Å²) in [6.45, 7) is 4.63. The molecular formula is C20H30ClN3O4. The summed E-state index contributed by atoms with van der Waals surface area (Å²) in [7, 11) is 1.44. The van der Waals surface area contributed by atoms with Crippen molar-refractivity contribution in [2.75, 3.05) is 33.4 Å². The average Bonchev–Trinajstić information content (AvgIpc) is 2.69. The molecule has 0 aromatic heterocycles. The zero-order valence-corrected chi connectivity index (χ0v) is 17.4. The molecule has 1 atom stereocenters. The predicted molar refractivity (Wildman–Crippen MR) is 109 cm³/mol. The number of methoxy groups -OCH3 is 1. The van der Waals surface area contributed by atoms with E-state index in [-0.39, 0.29) is 29.0 Å². The van der Waals surface area contributed by atoms with E-state index in [1.807, 2.05) is 0 Å². The normalized spacial score (nSPS) is 17.2. The van der Waals surface area contributed by atoms with Crippen molar-refractivity contribution in [1.29, 1.82) is 0 Å². The van der Waals surface area contributed by atoms with E-state index in [1.54, 1.807) is 6.07 Å². The lowest BCUT2D eigenvalue weighted by Crippen LogP contribution is -2.47. The van der Waals surface area contributed by atoms with Gasteiger partial charge in [-0.25, -0.2) is 0 Å². The minimum Gasteiger partial charge on any atom is -0.493 e. The first-order valence-electron chi connectivity index (χ1n) is 9.77. The van der Waals surface area contributed by atoms with E-state index in [9.17, 15) is 9.59 Å². The minimum absolute atomic E-state index is 0.188. The Balaban J connectivity index is 2.03. The third kappa shape index (κ3) is 6.27. The Bertz CT molecular complexity index is 684. The number of amides is 2. The highest BCUT2D eigenvalue weighted by Crippen LogP contribution is 2.36. The van der Waals surface area contributed by atoms with Gasteiger partial charge in [-0.05, 0) is 44.5 Å². The SMILES string of the molecule is CCCCN1CCCC[C@H]1CNC(=O)c1cc(Cl)c(OCC(N)=O)c(OC)c1. The lowest BCUT2D eigenvalue weighted by atomic mass is 10.0. The van der Waals surface area contributed by atoms with E-state index in [2.05, 4.69) is 17.1 Å². The molecule has 2 rings (SSSR count). The molecule has 0 radical (unpaired) electrons. The van der Waals surface area contributed by atoms with Crippen LogP contribution >= 0.6 is 11.6 Å². The summed E-state index contributed by atoms with van der Waals surface area (Å²) < 4.78 is 10.5. The van der Waals surface area contributed by atoms with E-state index in [0.29, 0.717) is 18.2 Å². The van der Waals surface area contributed by atoms with Gasteiger partial charge in [0.1, 0.15) is 0 Å². The summed E-state index contributed by atoms with van der Waals surface area (Å²) in [6, 6.07) is 3.42. The molecule has 3 N–H and O–H groups in total. The van der Waals surface area contributed by atoms with E-state index in [4.69, 9.17) is 26.8 Å². The molecule has 1 aliphatic heterocycles. The number of nitrogens with two attached hydrogens (primary N) is 1. The van der Waals surface area contributed by atoms with E-state index < -0.39 is 5.91 Å². The molecule has 156 valence electrons. The number of carbonyl (C=O) groups excluding carboxylic acids is 2. The largest absolute Gasteiger partial charge is 0.493 e. The second kappa shape index (κ2) is 11.1. The standard InChI is InChI=1S/C20H30ClN3O4/c1-3-4-8-24-9-6-5-7-15(24)12-23-20(26)14-10-16(21)19(17(11-14)27-2)28-13-18(22)25/h10-11,15H,3-9,12-13H2,1-2H3,(H2,22,25)(H,23,26)/t15-/m0/s1. The zero-order valence-electron chi connectivity index (χ0n) is 16.6. The molecule has 1 aromatic carbocycles. The van der Waals surface area contributed by atoms with Crippen LogP contribution in [-0.2, 0) is 4.79 Å². The Kier molecular flexibility index (Phi) is 8.86. The van der Waals surface area contributed by atoms with Gasteiger partial charge >= 0.3 is 0 Å². The van der Waals surface area contributed by atoms with Gasteiger partial charge in [0.25, 0.3) is 11.8 Å². The number of primary amides is 1. The molecule has 1 heterocycles. The number of ether oxygens (including phenoxy) is 2. The van der Waals surface area contributed by atoms with Gasteiger partial charge in [0.15, 0.2) is 18.1 Å². The quantitative estimate of drug-likeness (QED) is 0.617. The molecule has 0 saturated carbocycles. The van der Waals surface area contributed by atoms with Crippen molar-refractivity contribution in [3.63, 3.8) is 0 Å². The van der Waals surface area contributed by atoms with Crippen LogP contribution in [0.15, 0.2) is 12.1 Å². The molecule has 1 saturated heterocycles. The van der Waals surface area contributed by atoms with Gasteiger partial charge < -0.3 is 20.5 Å². The second-order valence-corrected chi connectivity index (χ2v) is 7.40. The number of piperidine rings is 1. The molecule has 1 aliphatic rings. The average molecular weight is 412 g/mol. The molecule has 0 unspecified atom stereocenters. The van der Waals surface area contributed by atoms with Gasteiger partial charge in [-0.1, -0.05) is 31.4 Å². The number of likely N-dealkylation sites (tertiary alicyclic amines) is 1. The highest BCUT2D eigenvalue weighted by Gasteiger charge is 2.23. The number of hydrogen-bond donors (Lipinski definition) is 2. The summed E-state index contributed by atoms with van der Waals surface area (Å²) in [4.78, 5) is 26.1. The van der Waals surface area contributed by atoms with Crippen LogP contribution < -0.4 is 20.5 Å². The van der Waals surface area contributed by atoms with Crippen molar-refractivity contribution >= 4 is 23.4 Å². The molecule has 1 aromatic rings.